The van der Waals surface area contributed by atoms with Crippen LogP contribution in [0.4, 0.5) is 14.5 Å². The number of ketones is 1. The molecule has 0 aliphatic rings. The Morgan fingerprint density at radius 3 is 2.16 bits per heavy atom. The standard InChI is InChI=1S/C33H30F2N6O8S/c1-4-5-26(42)19-8-12-22(13-9-19)50(48,49)38-20-15-23(34)27(24(35)16-20)30(43)37-25(32(45)46)14-18-6-10-21(11-7-18)41-31(44)28-29(36-17-39(28)2)40(3)33(41)47/h6-13,15-17,25,38H,4-5,14H2,1-3H3,(H,37,43)(H,45,46)/t25-/m0/s1. The number of carboxylic acid groups (broad SMARTS) is 1. The summed E-state index contributed by atoms with van der Waals surface area (Å²) in [5.74, 6) is -6.04. The van der Waals surface area contributed by atoms with E-state index in [0.29, 0.717) is 29.7 Å². The number of amides is 1. The zero-order chi connectivity index (χ0) is 36.5. The van der Waals surface area contributed by atoms with Gasteiger partial charge in [0.2, 0.25) is 0 Å². The van der Waals surface area contributed by atoms with E-state index in [1.165, 1.54) is 71.0 Å². The van der Waals surface area contributed by atoms with Gasteiger partial charge in [-0.1, -0.05) is 31.2 Å². The molecule has 17 heteroatoms. The topological polar surface area (TPSA) is 191 Å². The first kappa shape index (κ1) is 35.3. The molecule has 0 saturated carbocycles. The Balaban J connectivity index is 1.31. The molecule has 1 amide bonds. The van der Waals surface area contributed by atoms with Crippen molar-refractivity contribution in [3.05, 3.63) is 116 Å². The number of hydrogen-bond donors (Lipinski definition) is 3. The predicted octanol–water partition coefficient (Wildman–Crippen LogP) is 2.91. The first-order valence-electron chi connectivity index (χ1n) is 15.0. The van der Waals surface area contributed by atoms with Crippen LogP contribution in [0.15, 0.2) is 81.5 Å². The van der Waals surface area contributed by atoms with Crippen molar-refractivity contribution in [1.82, 2.24) is 24.0 Å². The number of hydrogen-bond acceptors (Lipinski definition) is 8. The van der Waals surface area contributed by atoms with E-state index in [4.69, 9.17) is 0 Å². The van der Waals surface area contributed by atoms with Crippen LogP contribution in [-0.2, 0) is 35.3 Å². The van der Waals surface area contributed by atoms with Crippen molar-refractivity contribution in [1.29, 1.82) is 0 Å². The molecule has 0 fully saturated rings. The summed E-state index contributed by atoms with van der Waals surface area (Å²) in [6.07, 6.45) is 1.93. The average molecular weight is 709 g/mol. The molecule has 1 atom stereocenters. The molecule has 260 valence electrons. The summed E-state index contributed by atoms with van der Waals surface area (Å²) in [6.45, 7) is 1.82. The number of aryl methyl sites for hydroxylation is 2. The zero-order valence-corrected chi connectivity index (χ0v) is 27.6. The predicted molar refractivity (Wildman–Crippen MR) is 177 cm³/mol. The summed E-state index contributed by atoms with van der Waals surface area (Å²) in [7, 11) is -1.29. The quantitative estimate of drug-likeness (QED) is 0.164. The molecule has 0 radical (unpaired) electrons. The Morgan fingerprint density at radius 2 is 1.58 bits per heavy atom. The van der Waals surface area contributed by atoms with Crippen molar-refractivity contribution in [3.8, 4) is 5.69 Å². The van der Waals surface area contributed by atoms with Gasteiger partial charge in [-0.3, -0.25) is 23.7 Å². The molecular weight excluding hydrogens is 678 g/mol. The van der Waals surface area contributed by atoms with Crippen LogP contribution in [0.2, 0.25) is 0 Å². The molecule has 0 bridgehead atoms. The van der Waals surface area contributed by atoms with Gasteiger partial charge in [-0.15, -0.1) is 0 Å². The highest BCUT2D eigenvalue weighted by Crippen LogP contribution is 2.23. The van der Waals surface area contributed by atoms with E-state index in [2.05, 4.69) is 10.3 Å². The molecule has 50 heavy (non-hydrogen) atoms. The molecule has 2 heterocycles. The fourth-order valence-electron chi connectivity index (χ4n) is 5.27. The lowest BCUT2D eigenvalue weighted by atomic mass is 10.0. The van der Waals surface area contributed by atoms with Gasteiger partial charge in [-0.05, 0) is 48.4 Å². The average Bonchev–Trinajstić information content (AvgIpc) is 3.45. The summed E-state index contributed by atoms with van der Waals surface area (Å²) in [6, 6.07) is 10.1. The molecule has 5 rings (SSSR count). The molecular formula is C33H30F2N6O8S. The summed E-state index contributed by atoms with van der Waals surface area (Å²) in [4.78, 5) is 66.8. The number of carboxylic acids is 1. The number of nitrogens with zero attached hydrogens (tertiary/aromatic N) is 4. The third-order valence-corrected chi connectivity index (χ3v) is 9.24. The number of imidazole rings is 1. The molecule has 2 aromatic heterocycles. The van der Waals surface area contributed by atoms with E-state index in [0.717, 1.165) is 4.57 Å². The Hall–Kier alpha value is -5.97. The van der Waals surface area contributed by atoms with E-state index in [1.807, 2.05) is 11.6 Å². The van der Waals surface area contributed by atoms with Crippen LogP contribution in [0, 0.1) is 11.6 Å². The van der Waals surface area contributed by atoms with Crippen LogP contribution in [0.3, 0.4) is 0 Å². The molecule has 0 saturated heterocycles. The van der Waals surface area contributed by atoms with Crippen LogP contribution in [-0.4, -0.2) is 55.9 Å². The van der Waals surface area contributed by atoms with Gasteiger partial charge in [0.15, 0.2) is 16.9 Å². The third kappa shape index (κ3) is 6.93. The summed E-state index contributed by atoms with van der Waals surface area (Å²) in [5, 5.41) is 11.8. The number of halogens is 2. The zero-order valence-electron chi connectivity index (χ0n) is 26.8. The molecule has 5 aromatic rings. The lowest BCUT2D eigenvalue weighted by molar-refractivity contribution is -0.139. The highest BCUT2D eigenvalue weighted by molar-refractivity contribution is 7.92. The van der Waals surface area contributed by atoms with E-state index in [-0.39, 0.29) is 40.4 Å². The molecule has 3 aromatic carbocycles. The fourth-order valence-corrected chi connectivity index (χ4v) is 6.31. The lowest BCUT2D eigenvalue weighted by Crippen LogP contribution is -2.43. The number of anilines is 1. The van der Waals surface area contributed by atoms with Gasteiger partial charge in [0.25, 0.3) is 21.5 Å². The summed E-state index contributed by atoms with van der Waals surface area (Å²) >= 11 is 0. The Labute approximate surface area is 282 Å². The van der Waals surface area contributed by atoms with E-state index < -0.39 is 62.1 Å². The Morgan fingerprint density at radius 1 is 0.960 bits per heavy atom. The van der Waals surface area contributed by atoms with Crippen LogP contribution in [0.25, 0.3) is 16.9 Å². The van der Waals surface area contributed by atoms with Gasteiger partial charge in [-0.2, -0.15) is 0 Å². The number of aliphatic carboxylic acids is 1. The van der Waals surface area contributed by atoms with Crippen LogP contribution >= 0.6 is 0 Å². The Kier molecular flexibility index (Phi) is 9.80. The van der Waals surface area contributed by atoms with Crippen molar-refractivity contribution < 1.29 is 36.7 Å². The van der Waals surface area contributed by atoms with Crippen molar-refractivity contribution in [2.75, 3.05) is 4.72 Å². The number of Topliss-reactive ketones (excluding diaryl/α,β-unsaturated/α-hetero) is 1. The molecule has 3 N–H and O–H groups in total. The number of nitrogens with one attached hydrogen (secondary N) is 2. The van der Waals surface area contributed by atoms with Crippen molar-refractivity contribution in [2.45, 2.75) is 37.1 Å². The molecule has 0 aliphatic heterocycles. The van der Waals surface area contributed by atoms with Gasteiger partial charge in [0.05, 0.1) is 22.6 Å². The number of carbonyl (C=O) groups excluding carboxylic acids is 2. The van der Waals surface area contributed by atoms with Crippen LogP contribution < -0.4 is 21.3 Å². The van der Waals surface area contributed by atoms with E-state index in [9.17, 15) is 37.5 Å². The normalized spacial score (nSPS) is 12.1. The molecule has 14 nitrogen and oxygen atoms in total. The Bertz CT molecular complexity index is 2360. The van der Waals surface area contributed by atoms with Gasteiger partial charge in [0, 0.05) is 32.5 Å². The summed E-state index contributed by atoms with van der Waals surface area (Å²) < 4.78 is 61.4. The number of aromatic nitrogens is 4. The number of rotatable bonds is 12. The highest BCUT2D eigenvalue weighted by atomic mass is 32.2. The maximum atomic E-state index is 15.1. The maximum Gasteiger partial charge on any atom is 0.337 e. The smallest absolute Gasteiger partial charge is 0.337 e. The minimum atomic E-state index is -4.35. The first-order valence-corrected chi connectivity index (χ1v) is 16.5. The van der Waals surface area contributed by atoms with E-state index in [1.54, 1.807) is 7.05 Å². The highest BCUT2D eigenvalue weighted by Gasteiger charge is 2.27. The largest absolute Gasteiger partial charge is 0.480 e. The summed E-state index contributed by atoms with van der Waals surface area (Å²) in [5.41, 5.74) is -1.78. The van der Waals surface area contributed by atoms with Gasteiger partial charge >= 0.3 is 11.7 Å². The maximum absolute atomic E-state index is 15.1. The molecule has 0 unspecified atom stereocenters. The van der Waals surface area contributed by atoms with Crippen LogP contribution in [0.1, 0.15) is 46.0 Å². The van der Waals surface area contributed by atoms with Crippen LogP contribution in [0.5, 0.6) is 0 Å². The number of sulfonamides is 1. The minimum Gasteiger partial charge on any atom is -0.480 e. The molecule has 0 aliphatic carbocycles. The minimum absolute atomic E-state index is 0.174. The second-order valence-corrected chi connectivity index (χ2v) is 13.0. The fraction of sp³-hybridized carbons (Fsp3) is 0.212. The van der Waals surface area contributed by atoms with Gasteiger partial charge in [0.1, 0.15) is 23.2 Å². The van der Waals surface area contributed by atoms with Crippen molar-refractivity contribution in [2.24, 2.45) is 14.1 Å². The SMILES string of the molecule is CCCC(=O)c1ccc(S(=O)(=O)Nc2cc(F)c(C(=O)N[C@@H](Cc3ccc(-n4c(=O)c5c(ncn5C)n(C)c4=O)cc3)C(=O)O)c(F)c2)cc1. The number of carbonyl (C=O) groups is 3. The second kappa shape index (κ2) is 13.9. The van der Waals surface area contributed by atoms with Crippen molar-refractivity contribution >= 4 is 44.5 Å². The van der Waals surface area contributed by atoms with Crippen molar-refractivity contribution in [3.63, 3.8) is 0 Å². The first-order chi connectivity index (χ1) is 23.6. The second-order valence-electron chi connectivity index (χ2n) is 11.4. The third-order valence-electron chi connectivity index (χ3n) is 7.84. The number of benzene rings is 3. The lowest BCUT2D eigenvalue weighted by Gasteiger charge is -2.16. The van der Waals surface area contributed by atoms with E-state index >= 15 is 8.78 Å². The van der Waals surface area contributed by atoms with Gasteiger partial charge in [-0.25, -0.2) is 36.3 Å². The van der Waals surface area contributed by atoms with Gasteiger partial charge < -0.3 is 15.0 Å². The monoisotopic (exact) mass is 708 g/mol. The number of fused-ring (bicyclic) bond motifs is 1. The molecule has 0 spiro atoms.